The lowest BCUT2D eigenvalue weighted by Gasteiger charge is -2.31. The Morgan fingerprint density at radius 2 is 2.20 bits per heavy atom. The van der Waals surface area contributed by atoms with Crippen molar-refractivity contribution in [3.05, 3.63) is 58.9 Å². The van der Waals surface area contributed by atoms with E-state index in [4.69, 9.17) is 0 Å². The van der Waals surface area contributed by atoms with Crippen molar-refractivity contribution in [2.45, 2.75) is 59.0 Å². The van der Waals surface area contributed by atoms with Gasteiger partial charge >= 0.3 is 0 Å². The summed E-state index contributed by atoms with van der Waals surface area (Å²) in [7, 11) is 0. The zero-order valence-corrected chi connectivity index (χ0v) is 15.5. The number of rotatable bonds is 4. The first-order valence-corrected chi connectivity index (χ1v) is 9.34. The minimum atomic E-state index is -0.168. The van der Waals surface area contributed by atoms with Crippen LogP contribution in [0.25, 0.3) is 6.08 Å². The third kappa shape index (κ3) is 3.95. The number of aliphatic hydroxyl groups is 1. The number of allylic oxidation sites excluding steroid dienone is 3. The van der Waals surface area contributed by atoms with E-state index in [9.17, 15) is 5.11 Å². The quantitative estimate of drug-likeness (QED) is 0.775. The molecule has 0 aromatic carbocycles. The summed E-state index contributed by atoms with van der Waals surface area (Å²) in [5.74, 6) is 0.421. The van der Waals surface area contributed by atoms with Crippen molar-refractivity contribution in [2.24, 2.45) is 5.92 Å². The maximum atomic E-state index is 10.1. The van der Waals surface area contributed by atoms with Gasteiger partial charge in [-0.1, -0.05) is 31.2 Å². The predicted octanol–water partition coefficient (Wildman–Crippen LogP) is 5.13. The van der Waals surface area contributed by atoms with Crippen LogP contribution in [0.2, 0.25) is 0 Å². The van der Waals surface area contributed by atoms with E-state index in [0.29, 0.717) is 5.92 Å². The van der Waals surface area contributed by atoms with Gasteiger partial charge in [0.25, 0.3) is 0 Å². The molecule has 0 radical (unpaired) electrons. The SMILES string of the molecule is CCC=Cc1c(N2C=C=C(C)C(C3CCCC(O)C3)=C2)ccnc1C. The lowest BCUT2D eigenvalue weighted by Crippen LogP contribution is -2.24. The van der Waals surface area contributed by atoms with Crippen molar-refractivity contribution < 1.29 is 5.11 Å². The van der Waals surface area contributed by atoms with Gasteiger partial charge < -0.3 is 10.0 Å². The van der Waals surface area contributed by atoms with Crippen LogP contribution in [-0.2, 0) is 0 Å². The number of hydrogen-bond acceptors (Lipinski definition) is 3. The monoisotopic (exact) mass is 336 g/mol. The summed E-state index contributed by atoms with van der Waals surface area (Å²) < 4.78 is 0. The van der Waals surface area contributed by atoms with Gasteiger partial charge in [-0.25, -0.2) is 0 Å². The second-order valence-electron chi connectivity index (χ2n) is 7.05. The number of anilines is 1. The zero-order valence-electron chi connectivity index (χ0n) is 15.5. The van der Waals surface area contributed by atoms with Gasteiger partial charge in [0.1, 0.15) is 0 Å². The molecule has 2 heterocycles. The van der Waals surface area contributed by atoms with Crippen LogP contribution in [0.1, 0.15) is 57.2 Å². The van der Waals surface area contributed by atoms with Crippen LogP contribution in [0.3, 0.4) is 0 Å². The molecule has 1 aromatic heterocycles. The molecule has 3 rings (SSSR count). The Bertz CT molecular complexity index is 753. The van der Waals surface area contributed by atoms with E-state index >= 15 is 0 Å². The van der Waals surface area contributed by atoms with Crippen molar-refractivity contribution in [1.29, 1.82) is 0 Å². The molecule has 1 aromatic rings. The topological polar surface area (TPSA) is 36.4 Å². The lowest BCUT2D eigenvalue weighted by molar-refractivity contribution is 0.111. The fraction of sp³-hybridized carbons (Fsp3) is 0.455. The highest BCUT2D eigenvalue weighted by molar-refractivity contribution is 5.72. The van der Waals surface area contributed by atoms with Crippen LogP contribution in [-0.4, -0.2) is 16.2 Å². The number of pyridine rings is 1. The number of aliphatic hydroxyl groups excluding tert-OH is 1. The molecular weight excluding hydrogens is 308 g/mol. The molecule has 2 atom stereocenters. The standard InChI is InChI=1S/C22H28N2O/c1-4-5-9-20-17(3)23-12-10-22(20)24-13-11-16(2)21(15-24)18-7-6-8-19(25)14-18/h5,9-10,12-13,15,18-19,25H,4,6-8,14H2,1-3H3. The Balaban J connectivity index is 1.97. The van der Waals surface area contributed by atoms with E-state index in [0.717, 1.165) is 49.0 Å². The third-order valence-corrected chi connectivity index (χ3v) is 5.18. The summed E-state index contributed by atoms with van der Waals surface area (Å²) in [6, 6.07) is 2.06. The first kappa shape index (κ1) is 17.7. The van der Waals surface area contributed by atoms with Crippen molar-refractivity contribution in [2.75, 3.05) is 4.90 Å². The van der Waals surface area contributed by atoms with Gasteiger partial charge in [-0.05, 0) is 62.7 Å². The first-order valence-electron chi connectivity index (χ1n) is 9.34. The van der Waals surface area contributed by atoms with E-state index in [1.807, 2.05) is 12.4 Å². The number of hydrogen-bond donors (Lipinski definition) is 1. The van der Waals surface area contributed by atoms with E-state index in [1.54, 1.807) is 0 Å². The molecule has 3 nitrogen and oxygen atoms in total. The summed E-state index contributed by atoms with van der Waals surface area (Å²) in [5.41, 5.74) is 9.23. The highest BCUT2D eigenvalue weighted by Gasteiger charge is 2.26. The van der Waals surface area contributed by atoms with Crippen LogP contribution in [0.15, 0.2) is 47.6 Å². The van der Waals surface area contributed by atoms with Gasteiger partial charge in [0.15, 0.2) is 0 Å². The first-order chi connectivity index (χ1) is 12.1. The molecule has 132 valence electrons. The predicted molar refractivity (Wildman–Crippen MR) is 104 cm³/mol. The van der Waals surface area contributed by atoms with Gasteiger partial charge in [0, 0.05) is 23.7 Å². The molecule has 25 heavy (non-hydrogen) atoms. The number of aryl methyl sites for hydroxylation is 1. The van der Waals surface area contributed by atoms with Crippen molar-refractivity contribution in [1.82, 2.24) is 4.98 Å². The maximum absolute atomic E-state index is 10.1. The van der Waals surface area contributed by atoms with Crippen molar-refractivity contribution in [3.63, 3.8) is 0 Å². The molecule has 2 aliphatic rings. The van der Waals surface area contributed by atoms with Crippen molar-refractivity contribution in [3.8, 4) is 0 Å². The average Bonchev–Trinajstić information content (AvgIpc) is 2.61. The van der Waals surface area contributed by atoms with Crippen LogP contribution in [0.5, 0.6) is 0 Å². The normalized spacial score (nSPS) is 23.8. The minimum absolute atomic E-state index is 0.168. The Morgan fingerprint density at radius 1 is 1.36 bits per heavy atom. The molecule has 0 amide bonds. The molecule has 0 saturated heterocycles. The fourth-order valence-electron chi connectivity index (χ4n) is 3.76. The molecular formula is C22H28N2O. The highest BCUT2D eigenvalue weighted by atomic mass is 16.3. The summed E-state index contributed by atoms with van der Waals surface area (Å²) in [4.78, 5) is 6.61. The van der Waals surface area contributed by atoms with E-state index < -0.39 is 0 Å². The van der Waals surface area contributed by atoms with Crippen LogP contribution in [0, 0.1) is 12.8 Å². The Morgan fingerprint density at radius 3 is 2.96 bits per heavy atom. The summed E-state index contributed by atoms with van der Waals surface area (Å²) >= 11 is 0. The Labute approximate surface area is 151 Å². The van der Waals surface area contributed by atoms with Crippen LogP contribution >= 0.6 is 0 Å². The second kappa shape index (κ2) is 7.86. The molecule has 1 aliphatic heterocycles. The number of aromatic nitrogens is 1. The maximum Gasteiger partial charge on any atom is 0.0561 e. The lowest BCUT2D eigenvalue weighted by atomic mass is 9.80. The highest BCUT2D eigenvalue weighted by Crippen LogP contribution is 2.36. The largest absolute Gasteiger partial charge is 0.393 e. The molecule has 2 unspecified atom stereocenters. The third-order valence-electron chi connectivity index (χ3n) is 5.18. The second-order valence-corrected chi connectivity index (χ2v) is 7.05. The summed E-state index contributed by atoms with van der Waals surface area (Å²) in [5, 5.41) is 10.1. The van der Waals surface area contributed by atoms with Gasteiger partial charge in [-0.15, -0.1) is 0 Å². The van der Waals surface area contributed by atoms with E-state index in [2.05, 4.69) is 60.8 Å². The van der Waals surface area contributed by atoms with Gasteiger partial charge in [-0.2, -0.15) is 0 Å². The molecule has 1 N–H and O–H groups in total. The fourth-order valence-corrected chi connectivity index (χ4v) is 3.76. The van der Waals surface area contributed by atoms with Gasteiger partial charge in [0.05, 0.1) is 18.0 Å². The average molecular weight is 336 g/mol. The van der Waals surface area contributed by atoms with Crippen LogP contribution < -0.4 is 4.90 Å². The molecule has 1 aliphatic carbocycles. The summed E-state index contributed by atoms with van der Waals surface area (Å²) in [6.07, 6.45) is 15.3. The van der Waals surface area contributed by atoms with Gasteiger partial charge in [-0.3, -0.25) is 4.98 Å². The summed E-state index contributed by atoms with van der Waals surface area (Å²) in [6.45, 7) is 6.31. The van der Waals surface area contributed by atoms with Crippen LogP contribution in [0.4, 0.5) is 5.69 Å². The Hall–Kier alpha value is -2.09. The smallest absolute Gasteiger partial charge is 0.0561 e. The van der Waals surface area contributed by atoms with Gasteiger partial charge in [0.2, 0.25) is 0 Å². The van der Waals surface area contributed by atoms with Crippen molar-refractivity contribution >= 4 is 11.8 Å². The zero-order chi connectivity index (χ0) is 17.8. The molecule has 0 spiro atoms. The molecule has 1 fully saturated rings. The Kier molecular flexibility index (Phi) is 5.57. The van der Waals surface area contributed by atoms with E-state index in [1.165, 1.54) is 11.1 Å². The number of nitrogens with zero attached hydrogens (tertiary/aromatic N) is 2. The molecule has 1 saturated carbocycles. The minimum Gasteiger partial charge on any atom is -0.393 e. The molecule has 0 bridgehead atoms. The molecule has 3 heteroatoms. The van der Waals surface area contributed by atoms with E-state index in [-0.39, 0.29) is 6.10 Å².